The van der Waals surface area contributed by atoms with E-state index in [2.05, 4.69) is 5.32 Å². The van der Waals surface area contributed by atoms with Gasteiger partial charge in [-0.25, -0.2) is 0 Å². The number of halogens is 4. The summed E-state index contributed by atoms with van der Waals surface area (Å²) in [6.45, 7) is 1.40. The molecule has 1 aliphatic rings. The molecule has 1 heterocycles. The van der Waals surface area contributed by atoms with E-state index in [0.717, 1.165) is 0 Å². The lowest BCUT2D eigenvalue weighted by molar-refractivity contribution is -0.123. The fourth-order valence-corrected chi connectivity index (χ4v) is 3.34. The van der Waals surface area contributed by atoms with Crippen molar-refractivity contribution in [3.8, 4) is 0 Å². The number of primary amides is 1. The molecule has 1 fully saturated rings. The van der Waals surface area contributed by atoms with Crippen molar-refractivity contribution in [2.45, 2.75) is 12.8 Å². The van der Waals surface area contributed by atoms with Crippen LogP contribution in [-0.2, 0) is 9.59 Å². The molecule has 5 nitrogen and oxygen atoms in total. The van der Waals surface area contributed by atoms with E-state index >= 15 is 0 Å². The van der Waals surface area contributed by atoms with E-state index in [1.54, 1.807) is 0 Å². The first-order chi connectivity index (χ1) is 10.8. The van der Waals surface area contributed by atoms with Crippen molar-refractivity contribution < 1.29 is 9.59 Å². The number of carbonyl (C=O) groups is 2. The molecule has 0 unspecified atom stereocenters. The summed E-state index contributed by atoms with van der Waals surface area (Å²) >= 11 is 24.0. The zero-order valence-electron chi connectivity index (χ0n) is 12.0. The van der Waals surface area contributed by atoms with E-state index in [1.165, 1.54) is 6.07 Å². The minimum Gasteiger partial charge on any atom is -0.369 e. The molecule has 1 aromatic carbocycles. The normalized spacial score (nSPS) is 16.3. The van der Waals surface area contributed by atoms with Crippen LogP contribution in [0.2, 0.25) is 20.1 Å². The average molecular weight is 399 g/mol. The molecule has 0 saturated carbocycles. The zero-order valence-corrected chi connectivity index (χ0v) is 15.1. The van der Waals surface area contributed by atoms with Crippen molar-refractivity contribution in [3.05, 3.63) is 26.2 Å². The van der Waals surface area contributed by atoms with Crippen LogP contribution in [0.4, 0.5) is 5.69 Å². The summed E-state index contributed by atoms with van der Waals surface area (Å²) in [7, 11) is 0. The first kappa shape index (κ1) is 18.6. The lowest BCUT2D eigenvalue weighted by Gasteiger charge is -2.29. The molecular formula is C14H15Cl4N3O2. The Hall–Kier alpha value is -0.720. The summed E-state index contributed by atoms with van der Waals surface area (Å²) in [5.74, 6) is -0.698. The molecule has 0 radical (unpaired) electrons. The van der Waals surface area contributed by atoms with E-state index in [-0.39, 0.29) is 50.1 Å². The maximum atomic E-state index is 12.2. The fourth-order valence-electron chi connectivity index (χ4n) is 2.44. The van der Waals surface area contributed by atoms with Crippen LogP contribution in [0.25, 0.3) is 0 Å². The number of benzene rings is 1. The number of piperidine rings is 1. The first-order valence-corrected chi connectivity index (χ1v) is 8.45. The summed E-state index contributed by atoms with van der Waals surface area (Å²) in [6.07, 6.45) is 1.29. The number of likely N-dealkylation sites (tertiary alicyclic amines) is 1. The quantitative estimate of drug-likeness (QED) is 0.762. The summed E-state index contributed by atoms with van der Waals surface area (Å²) in [5, 5.41) is 3.33. The molecule has 2 amide bonds. The van der Waals surface area contributed by atoms with Crippen LogP contribution >= 0.6 is 46.4 Å². The van der Waals surface area contributed by atoms with Gasteiger partial charge < -0.3 is 11.1 Å². The summed E-state index contributed by atoms with van der Waals surface area (Å²) in [5.41, 5.74) is 5.48. The van der Waals surface area contributed by atoms with Gasteiger partial charge in [0.05, 0.1) is 32.3 Å². The molecule has 0 aromatic heterocycles. The van der Waals surface area contributed by atoms with Gasteiger partial charge in [-0.1, -0.05) is 46.4 Å². The minimum absolute atomic E-state index is 0.120. The Morgan fingerprint density at radius 2 is 1.65 bits per heavy atom. The number of nitrogens with zero attached hydrogens (tertiary/aromatic N) is 1. The maximum Gasteiger partial charge on any atom is 0.238 e. The Morgan fingerprint density at radius 3 is 2.13 bits per heavy atom. The van der Waals surface area contributed by atoms with Crippen LogP contribution < -0.4 is 11.1 Å². The lowest BCUT2D eigenvalue weighted by atomic mass is 9.96. The van der Waals surface area contributed by atoms with E-state index in [9.17, 15) is 9.59 Å². The number of hydrogen-bond donors (Lipinski definition) is 2. The van der Waals surface area contributed by atoms with Crippen LogP contribution in [0.15, 0.2) is 6.07 Å². The molecule has 1 aromatic rings. The smallest absolute Gasteiger partial charge is 0.238 e. The van der Waals surface area contributed by atoms with Crippen LogP contribution in [0, 0.1) is 5.92 Å². The van der Waals surface area contributed by atoms with Crippen molar-refractivity contribution in [2.24, 2.45) is 11.7 Å². The number of nitrogens with one attached hydrogen (secondary N) is 1. The third-order valence-electron chi connectivity index (χ3n) is 3.73. The summed E-state index contributed by atoms with van der Waals surface area (Å²) < 4.78 is 0. The Kier molecular flexibility index (Phi) is 6.40. The van der Waals surface area contributed by atoms with Gasteiger partial charge in [0.25, 0.3) is 0 Å². The first-order valence-electron chi connectivity index (χ1n) is 6.94. The van der Waals surface area contributed by atoms with Crippen molar-refractivity contribution >= 4 is 63.9 Å². The number of amides is 2. The standard InChI is InChI=1S/C14H15Cl4N3O2/c15-8-5-9(16)12(18)13(11(8)17)20-10(22)6-21-3-1-7(2-4-21)14(19)23/h5,7H,1-4,6H2,(H2,19,23)(H,20,22). The van der Waals surface area contributed by atoms with Gasteiger partial charge in [-0.3, -0.25) is 14.5 Å². The second-order valence-corrected chi connectivity index (χ2v) is 6.91. The second-order valence-electron chi connectivity index (χ2n) is 5.34. The number of rotatable bonds is 4. The van der Waals surface area contributed by atoms with Crippen LogP contribution in [0.3, 0.4) is 0 Å². The Labute approximate surface area is 154 Å². The van der Waals surface area contributed by atoms with E-state index in [0.29, 0.717) is 25.9 Å². The summed E-state index contributed by atoms with van der Waals surface area (Å²) in [4.78, 5) is 25.2. The van der Waals surface area contributed by atoms with Crippen molar-refractivity contribution in [2.75, 3.05) is 25.0 Å². The van der Waals surface area contributed by atoms with Gasteiger partial charge >= 0.3 is 0 Å². The highest BCUT2D eigenvalue weighted by molar-refractivity contribution is 6.50. The molecule has 0 bridgehead atoms. The average Bonchev–Trinajstić information content (AvgIpc) is 2.50. The van der Waals surface area contributed by atoms with Crippen molar-refractivity contribution in [3.63, 3.8) is 0 Å². The monoisotopic (exact) mass is 397 g/mol. The molecule has 0 aliphatic carbocycles. The molecular weight excluding hydrogens is 384 g/mol. The summed E-state index contributed by atoms with van der Waals surface area (Å²) in [6, 6.07) is 1.41. The third kappa shape index (κ3) is 4.64. The zero-order chi connectivity index (χ0) is 17.1. The van der Waals surface area contributed by atoms with E-state index in [4.69, 9.17) is 52.1 Å². The fraction of sp³-hybridized carbons (Fsp3) is 0.429. The van der Waals surface area contributed by atoms with Crippen molar-refractivity contribution in [1.29, 1.82) is 0 Å². The SMILES string of the molecule is NC(=O)C1CCN(CC(=O)Nc2c(Cl)c(Cl)cc(Cl)c2Cl)CC1. The molecule has 1 aliphatic heterocycles. The highest BCUT2D eigenvalue weighted by atomic mass is 35.5. The Bertz CT molecular complexity index is 605. The van der Waals surface area contributed by atoms with Gasteiger partial charge in [0.2, 0.25) is 11.8 Å². The number of hydrogen-bond acceptors (Lipinski definition) is 3. The Balaban J connectivity index is 1.98. The van der Waals surface area contributed by atoms with Gasteiger partial charge in [0.1, 0.15) is 0 Å². The maximum absolute atomic E-state index is 12.2. The largest absolute Gasteiger partial charge is 0.369 e. The topological polar surface area (TPSA) is 75.4 Å². The van der Waals surface area contributed by atoms with Gasteiger partial charge in [-0.2, -0.15) is 0 Å². The molecule has 23 heavy (non-hydrogen) atoms. The molecule has 0 spiro atoms. The van der Waals surface area contributed by atoms with Crippen LogP contribution in [-0.4, -0.2) is 36.3 Å². The minimum atomic E-state index is -0.291. The predicted molar refractivity (Wildman–Crippen MR) is 93.5 cm³/mol. The van der Waals surface area contributed by atoms with Gasteiger partial charge in [-0.05, 0) is 32.0 Å². The van der Waals surface area contributed by atoms with E-state index in [1.807, 2.05) is 4.90 Å². The Morgan fingerprint density at radius 1 is 1.13 bits per heavy atom. The lowest BCUT2D eigenvalue weighted by Crippen LogP contribution is -2.42. The molecule has 9 heteroatoms. The van der Waals surface area contributed by atoms with Gasteiger partial charge in [-0.15, -0.1) is 0 Å². The van der Waals surface area contributed by atoms with Crippen molar-refractivity contribution in [1.82, 2.24) is 4.90 Å². The number of nitrogens with two attached hydrogens (primary N) is 1. The van der Waals surface area contributed by atoms with Gasteiger partial charge in [0.15, 0.2) is 0 Å². The predicted octanol–water partition coefficient (Wildman–Crippen LogP) is 3.44. The van der Waals surface area contributed by atoms with Crippen LogP contribution in [0.1, 0.15) is 12.8 Å². The molecule has 126 valence electrons. The highest BCUT2D eigenvalue weighted by Gasteiger charge is 2.25. The van der Waals surface area contributed by atoms with E-state index < -0.39 is 0 Å². The molecule has 3 N–H and O–H groups in total. The molecule has 0 atom stereocenters. The second kappa shape index (κ2) is 7.90. The highest BCUT2D eigenvalue weighted by Crippen LogP contribution is 2.40. The number of anilines is 1. The molecule has 1 saturated heterocycles. The third-order valence-corrected chi connectivity index (χ3v) is 5.31. The van der Waals surface area contributed by atoms with Crippen LogP contribution in [0.5, 0.6) is 0 Å². The number of carbonyl (C=O) groups excluding carboxylic acids is 2. The van der Waals surface area contributed by atoms with Gasteiger partial charge in [0, 0.05) is 5.92 Å². The molecule has 2 rings (SSSR count).